The highest BCUT2D eigenvalue weighted by molar-refractivity contribution is 7.95. The highest BCUT2D eigenvalue weighted by atomic mass is 32.2. The maximum absolute atomic E-state index is 12.6. The minimum Gasteiger partial charge on any atom is -0.497 e. The van der Waals surface area contributed by atoms with Crippen molar-refractivity contribution in [1.82, 2.24) is 0 Å². The van der Waals surface area contributed by atoms with Crippen LogP contribution in [0.2, 0.25) is 0 Å². The van der Waals surface area contributed by atoms with Crippen molar-refractivity contribution in [2.45, 2.75) is 30.8 Å². The quantitative estimate of drug-likeness (QED) is 0.838. The van der Waals surface area contributed by atoms with Gasteiger partial charge in [0, 0.05) is 6.61 Å². The fraction of sp³-hybridized carbons (Fsp3) is 0.375. The second-order valence-electron chi connectivity index (χ2n) is 5.07. The van der Waals surface area contributed by atoms with E-state index in [1.807, 2.05) is 19.9 Å². The second kappa shape index (κ2) is 6.03. The number of methoxy groups -OCH3 is 1. The van der Waals surface area contributed by atoms with Crippen molar-refractivity contribution >= 4 is 9.84 Å². The molecule has 1 unspecified atom stereocenters. The van der Waals surface area contributed by atoms with Crippen LogP contribution in [0, 0.1) is 0 Å². The van der Waals surface area contributed by atoms with Crippen molar-refractivity contribution in [3.63, 3.8) is 0 Å². The number of hydrogen-bond donors (Lipinski definition) is 0. The van der Waals surface area contributed by atoms with Crippen molar-refractivity contribution in [3.05, 3.63) is 47.4 Å². The molecule has 0 saturated heterocycles. The standard InChI is InChI=1S/C16H20O4S/c1-4-20-16(2)11-9-15(10-12-16)21(17,18)14-7-5-13(19-3)6-8-14/h5-11H,4,12H2,1-3H3. The van der Waals surface area contributed by atoms with Crippen LogP contribution in [0.3, 0.4) is 0 Å². The zero-order valence-electron chi connectivity index (χ0n) is 12.5. The highest BCUT2D eigenvalue weighted by Crippen LogP contribution is 2.30. The van der Waals surface area contributed by atoms with E-state index in [1.54, 1.807) is 43.5 Å². The Labute approximate surface area is 126 Å². The molecule has 0 aromatic heterocycles. The van der Waals surface area contributed by atoms with Crippen molar-refractivity contribution in [3.8, 4) is 5.75 Å². The van der Waals surface area contributed by atoms with Gasteiger partial charge in [0.1, 0.15) is 5.75 Å². The van der Waals surface area contributed by atoms with Crippen LogP contribution in [-0.4, -0.2) is 27.7 Å². The molecule has 0 saturated carbocycles. The average Bonchev–Trinajstić information content (AvgIpc) is 2.48. The van der Waals surface area contributed by atoms with Gasteiger partial charge in [-0.15, -0.1) is 0 Å². The Morgan fingerprint density at radius 2 is 1.90 bits per heavy atom. The fourth-order valence-electron chi connectivity index (χ4n) is 2.22. The second-order valence-corrected chi connectivity index (χ2v) is 7.02. The van der Waals surface area contributed by atoms with E-state index in [0.717, 1.165) is 0 Å². The zero-order valence-corrected chi connectivity index (χ0v) is 13.3. The van der Waals surface area contributed by atoms with Gasteiger partial charge < -0.3 is 9.47 Å². The molecule has 2 rings (SSSR count). The molecule has 0 N–H and O–H groups in total. The van der Waals surface area contributed by atoms with E-state index < -0.39 is 15.4 Å². The number of sulfone groups is 1. The van der Waals surface area contributed by atoms with Crippen molar-refractivity contribution in [1.29, 1.82) is 0 Å². The maximum Gasteiger partial charge on any atom is 0.206 e. The molecule has 0 heterocycles. The Morgan fingerprint density at radius 1 is 1.24 bits per heavy atom. The van der Waals surface area contributed by atoms with E-state index in [2.05, 4.69) is 0 Å². The summed E-state index contributed by atoms with van der Waals surface area (Å²) in [4.78, 5) is 0.573. The lowest BCUT2D eigenvalue weighted by Crippen LogP contribution is -2.27. The van der Waals surface area contributed by atoms with Crippen LogP contribution >= 0.6 is 0 Å². The molecule has 1 atom stereocenters. The first-order chi connectivity index (χ1) is 9.91. The first kappa shape index (κ1) is 15.8. The molecule has 0 bridgehead atoms. The van der Waals surface area contributed by atoms with Gasteiger partial charge in [-0.05, 0) is 50.6 Å². The molecule has 114 valence electrons. The summed E-state index contributed by atoms with van der Waals surface area (Å²) in [7, 11) is -1.94. The van der Waals surface area contributed by atoms with Crippen LogP contribution in [0.1, 0.15) is 20.3 Å². The van der Waals surface area contributed by atoms with E-state index >= 15 is 0 Å². The van der Waals surface area contributed by atoms with Gasteiger partial charge in [0.05, 0.1) is 22.5 Å². The average molecular weight is 308 g/mol. The Morgan fingerprint density at radius 3 is 2.38 bits per heavy atom. The molecular formula is C16H20O4S. The zero-order chi connectivity index (χ0) is 15.5. The minimum atomic E-state index is -3.49. The smallest absolute Gasteiger partial charge is 0.206 e. The third kappa shape index (κ3) is 3.36. The Balaban J connectivity index is 2.25. The summed E-state index contributed by atoms with van der Waals surface area (Å²) >= 11 is 0. The lowest BCUT2D eigenvalue weighted by atomic mass is 9.97. The molecular weight excluding hydrogens is 288 g/mol. The first-order valence-electron chi connectivity index (χ1n) is 6.84. The molecule has 0 spiro atoms. The van der Waals surface area contributed by atoms with E-state index in [4.69, 9.17) is 9.47 Å². The lowest BCUT2D eigenvalue weighted by molar-refractivity contribution is 0.0152. The van der Waals surface area contributed by atoms with Gasteiger partial charge in [0.2, 0.25) is 9.84 Å². The van der Waals surface area contributed by atoms with Crippen molar-refractivity contribution in [2.75, 3.05) is 13.7 Å². The maximum atomic E-state index is 12.6. The monoisotopic (exact) mass is 308 g/mol. The largest absolute Gasteiger partial charge is 0.497 e. The third-order valence-corrected chi connectivity index (χ3v) is 5.28. The third-order valence-electron chi connectivity index (χ3n) is 3.46. The van der Waals surface area contributed by atoms with Crippen LogP contribution in [0.4, 0.5) is 0 Å². The van der Waals surface area contributed by atoms with Crippen LogP contribution in [-0.2, 0) is 14.6 Å². The van der Waals surface area contributed by atoms with Crippen LogP contribution in [0.25, 0.3) is 0 Å². The molecule has 0 fully saturated rings. The van der Waals surface area contributed by atoms with Gasteiger partial charge >= 0.3 is 0 Å². The highest BCUT2D eigenvalue weighted by Gasteiger charge is 2.27. The minimum absolute atomic E-state index is 0.263. The number of benzene rings is 1. The van der Waals surface area contributed by atoms with Gasteiger partial charge in [0.15, 0.2) is 0 Å². The normalized spacial score (nSPS) is 22.0. The van der Waals surface area contributed by atoms with Crippen molar-refractivity contribution < 1.29 is 17.9 Å². The van der Waals surface area contributed by atoms with E-state index in [9.17, 15) is 8.42 Å². The van der Waals surface area contributed by atoms with Gasteiger partial charge in [-0.25, -0.2) is 8.42 Å². The molecule has 21 heavy (non-hydrogen) atoms. The van der Waals surface area contributed by atoms with E-state index in [1.165, 1.54) is 0 Å². The number of rotatable bonds is 5. The molecule has 1 aromatic rings. The van der Waals surface area contributed by atoms with Crippen LogP contribution < -0.4 is 4.74 Å². The predicted molar refractivity (Wildman–Crippen MR) is 82.1 cm³/mol. The number of ether oxygens (including phenoxy) is 2. The van der Waals surface area contributed by atoms with Crippen molar-refractivity contribution in [2.24, 2.45) is 0 Å². The van der Waals surface area contributed by atoms with Gasteiger partial charge in [-0.2, -0.15) is 0 Å². The molecule has 0 radical (unpaired) electrons. The molecule has 0 amide bonds. The SMILES string of the molecule is CCOC1(C)C=CC(S(=O)(=O)c2ccc(OC)cc2)=CC1. The van der Waals surface area contributed by atoms with Crippen LogP contribution in [0.5, 0.6) is 5.75 Å². The molecule has 1 aromatic carbocycles. The summed E-state index contributed by atoms with van der Waals surface area (Å²) in [6.45, 7) is 4.46. The van der Waals surface area contributed by atoms with Crippen LogP contribution in [0.15, 0.2) is 52.3 Å². The first-order valence-corrected chi connectivity index (χ1v) is 8.32. The molecule has 4 nitrogen and oxygen atoms in total. The topological polar surface area (TPSA) is 52.6 Å². The van der Waals surface area contributed by atoms with E-state index in [0.29, 0.717) is 23.7 Å². The summed E-state index contributed by atoms with van der Waals surface area (Å²) in [5.41, 5.74) is -0.423. The predicted octanol–water partition coefficient (Wildman–Crippen LogP) is 3.11. The Hall–Kier alpha value is -1.59. The summed E-state index contributed by atoms with van der Waals surface area (Å²) < 4.78 is 35.8. The van der Waals surface area contributed by atoms with Gasteiger partial charge in [-0.3, -0.25) is 0 Å². The summed E-state index contributed by atoms with van der Waals surface area (Å²) in [6.07, 6.45) is 5.70. The molecule has 5 heteroatoms. The van der Waals surface area contributed by atoms with E-state index in [-0.39, 0.29) is 4.90 Å². The lowest BCUT2D eigenvalue weighted by Gasteiger charge is -2.27. The summed E-state index contributed by atoms with van der Waals surface area (Å²) in [5, 5.41) is 0. The fourth-order valence-corrected chi connectivity index (χ4v) is 3.54. The Kier molecular flexibility index (Phi) is 4.54. The van der Waals surface area contributed by atoms with Gasteiger partial charge in [-0.1, -0.05) is 12.2 Å². The summed E-state index contributed by atoms with van der Waals surface area (Å²) in [5.74, 6) is 0.631. The Bertz CT molecular complexity index is 656. The molecule has 0 aliphatic heterocycles. The molecule has 1 aliphatic rings. The van der Waals surface area contributed by atoms with Gasteiger partial charge in [0.25, 0.3) is 0 Å². The summed E-state index contributed by atoms with van der Waals surface area (Å²) in [6, 6.07) is 6.40. The number of allylic oxidation sites excluding steroid dienone is 1. The number of hydrogen-bond acceptors (Lipinski definition) is 4. The molecule has 1 aliphatic carbocycles.